The van der Waals surface area contributed by atoms with Gasteiger partial charge >= 0.3 is 0 Å². The zero-order valence-electron chi connectivity index (χ0n) is 10.8. The van der Waals surface area contributed by atoms with E-state index in [0.29, 0.717) is 10.7 Å². The van der Waals surface area contributed by atoms with Crippen LogP contribution in [-0.2, 0) is 0 Å². The van der Waals surface area contributed by atoms with Crippen molar-refractivity contribution in [3.63, 3.8) is 0 Å². The van der Waals surface area contributed by atoms with Gasteiger partial charge < -0.3 is 10.0 Å². The van der Waals surface area contributed by atoms with Gasteiger partial charge in [-0.3, -0.25) is 0 Å². The van der Waals surface area contributed by atoms with Crippen molar-refractivity contribution in [2.24, 2.45) is 0 Å². The number of nitrogens with zero attached hydrogens (tertiary/aromatic N) is 1. The highest BCUT2D eigenvalue weighted by atomic mass is 35.5. The van der Waals surface area contributed by atoms with Gasteiger partial charge in [-0.05, 0) is 42.8 Å². The van der Waals surface area contributed by atoms with Gasteiger partial charge in [-0.15, -0.1) is 0 Å². The highest BCUT2D eigenvalue weighted by Crippen LogP contribution is 2.32. The largest absolute Gasteiger partial charge is 0.389 e. The summed E-state index contributed by atoms with van der Waals surface area (Å²) in [4.78, 5) is 1.80. The molecule has 0 saturated carbocycles. The van der Waals surface area contributed by atoms with Crippen LogP contribution in [0.2, 0.25) is 5.02 Å². The lowest BCUT2D eigenvalue weighted by Crippen LogP contribution is -2.10. The number of hydrogen-bond donors (Lipinski definition) is 1. The molecule has 1 atom stereocenters. The fourth-order valence-electron chi connectivity index (χ4n) is 1.88. The van der Waals surface area contributed by atoms with Crippen molar-refractivity contribution in [3.05, 3.63) is 58.9 Å². The number of aliphatic hydroxyl groups is 1. The molecule has 2 rings (SSSR count). The molecule has 0 spiro atoms. The van der Waals surface area contributed by atoms with E-state index in [2.05, 4.69) is 0 Å². The standard InChI is InChI=1S/C15H15ClFNO/c1-10(19)11-6-7-15(14(16)8-11)18(2)13-5-3-4-12(17)9-13/h3-10,19H,1-2H3/t10-/m0/s1. The van der Waals surface area contributed by atoms with Crippen molar-refractivity contribution >= 4 is 23.0 Å². The van der Waals surface area contributed by atoms with Crippen LogP contribution in [0, 0.1) is 5.82 Å². The zero-order chi connectivity index (χ0) is 14.0. The molecule has 2 nitrogen and oxygen atoms in total. The van der Waals surface area contributed by atoms with Crippen LogP contribution < -0.4 is 4.90 Å². The molecule has 0 aliphatic carbocycles. The van der Waals surface area contributed by atoms with Crippen LogP contribution in [0.3, 0.4) is 0 Å². The summed E-state index contributed by atoms with van der Waals surface area (Å²) in [5.41, 5.74) is 2.23. The Morgan fingerprint density at radius 3 is 2.53 bits per heavy atom. The average molecular weight is 280 g/mol. The van der Waals surface area contributed by atoms with Gasteiger partial charge in [0.05, 0.1) is 16.8 Å². The Balaban J connectivity index is 2.36. The number of rotatable bonds is 3. The molecule has 0 heterocycles. The van der Waals surface area contributed by atoms with Crippen LogP contribution in [0.1, 0.15) is 18.6 Å². The monoisotopic (exact) mass is 279 g/mol. The Bertz CT molecular complexity index is 586. The molecule has 19 heavy (non-hydrogen) atoms. The first-order valence-corrected chi connectivity index (χ1v) is 6.33. The van der Waals surface area contributed by atoms with Crippen molar-refractivity contribution in [2.75, 3.05) is 11.9 Å². The summed E-state index contributed by atoms with van der Waals surface area (Å²) >= 11 is 6.21. The molecular formula is C15H15ClFNO. The molecule has 0 aliphatic heterocycles. The predicted molar refractivity (Wildman–Crippen MR) is 76.5 cm³/mol. The van der Waals surface area contributed by atoms with Gasteiger partial charge in [-0.1, -0.05) is 23.7 Å². The van der Waals surface area contributed by atoms with E-state index in [1.165, 1.54) is 12.1 Å². The number of anilines is 2. The number of benzene rings is 2. The topological polar surface area (TPSA) is 23.5 Å². The Morgan fingerprint density at radius 2 is 1.95 bits per heavy atom. The first kappa shape index (κ1) is 13.8. The van der Waals surface area contributed by atoms with Crippen LogP contribution in [0.15, 0.2) is 42.5 Å². The molecule has 2 aromatic carbocycles. The highest BCUT2D eigenvalue weighted by molar-refractivity contribution is 6.33. The normalized spacial score (nSPS) is 12.3. The van der Waals surface area contributed by atoms with Crippen molar-refractivity contribution in [1.82, 2.24) is 0 Å². The summed E-state index contributed by atoms with van der Waals surface area (Å²) < 4.78 is 13.2. The van der Waals surface area contributed by atoms with E-state index in [9.17, 15) is 9.50 Å². The average Bonchev–Trinajstić information content (AvgIpc) is 2.37. The molecule has 100 valence electrons. The van der Waals surface area contributed by atoms with Crippen LogP contribution in [0.4, 0.5) is 15.8 Å². The van der Waals surface area contributed by atoms with E-state index in [-0.39, 0.29) is 5.82 Å². The minimum atomic E-state index is -0.564. The Kier molecular flexibility index (Phi) is 4.08. The van der Waals surface area contributed by atoms with Gasteiger partial charge in [-0.25, -0.2) is 4.39 Å². The van der Waals surface area contributed by atoms with E-state index in [4.69, 9.17) is 11.6 Å². The number of hydrogen-bond acceptors (Lipinski definition) is 2. The fraction of sp³-hybridized carbons (Fsp3) is 0.200. The van der Waals surface area contributed by atoms with E-state index in [1.807, 2.05) is 25.2 Å². The van der Waals surface area contributed by atoms with Gasteiger partial charge in [0.1, 0.15) is 5.82 Å². The maximum absolute atomic E-state index is 13.2. The third-order valence-electron chi connectivity index (χ3n) is 3.01. The van der Waals surface area contributed by atoms with Crippen molar-refractivity contribution in [3.8, 4) is 0 Å². The second-order valence-corrected chi connectivity index (χ2v) is 4.83. The molecule has 4 heteroatoms. The molecule has 0 saturated heterocycles. The molecule has 0 aliphatic rings. The minimum absolute atomic E-state index is 0.291. The molecule has 0 amide bonds. The molecule has 0 bridgehead atoms. The third-order valence-corrected chi connectivity index (χ3v) is 3.31. The van der Waals surface area contributed by atoms with E-state index in [0.717, 1.165) is 11.3 Å². The molecule has 0 unspecified atom stereocenters. The van der Waals surface area contributed by atoms with Gasteiger partial charge in [0, 0.05) is 12.7 Å². The molecule has 0 fully saturated rings. The van der Waals surface area contributed by atoms with Crippen molar-refractivity contribution in [2.45, 2.75) is 13.0 Å². The lowest BCUT2D eigenvalue weighted by atomic mass is 10.1. The lowest BCUT2D eigenvalue weighted by Gasteiger charge is -2.21. The quantitative estimate of drug-likeness (QED) is 0.905. The van der Waals surface area contributed by atoms with Crippen LogP contribution in [0.5, 0.6) is 0 Å². The maximum Gasteiger partial charge on any atom is 0.125 e. The zero-order valence-corrected chi connectivity index (χ0v) is 11.5. The number of halogens is 2. The summed E-state index contributed by atoms with van der Waals surface area (Å²) in [7, 11) is 1.82. The third kappa shape index (κ3) is 3.06. The van der Waals surface area contributed by atoms with E-state index < -0.39 is 6.10 Å². The summed E-state index contributed by atoms with van der Waals surface area (Å²) in [5, 5.41) is 10.0. The van der Waals surface area contributed by atoms with Gasteiger partial charge in [-0.2, -0.15) is 0 Å². The Hall–Kier alpha value is -1.58. The van der Waals surface area contributed by atoms with Crippen LogP contribution in [-0.4, -0.2) is 12.2 Å². The van der Waals surface area contributed by atoms with Gasteiger partial charge in [0.15, 0.2) is 0 Å². The second kappa shape index (κ2) is 5.59. The Morgan fingerprint density at radius 1 is 1.21 bits per heavy atom. The van der Waals surface area contributed by atoms with E-state index in [1.54, 1.807) is 24.0 Å². The molecular weight excluding hydrogens is 265 g/mol. The SMILES string of the molecule is C[C@H](O)c1ccc(N(C)c2cccc(F)c2)c(Cl)c1. The fourth-order valence-corrected chi connectivity index (χ4v) is 2.19. The first-order valence-electron chi connectivity index (χ1n) is 5.96. The summed E-state index contributed by atoms with van der Waals surface area (Å²) in [6.07, 6.45) is -0.564. The molecule has 2 aromatic rings. The summed E-state index contributed by atoms with van der Waals surface area (Å²) in [6, 6.07) is 11.6. The van der Waals surface area contributed by atoms with E-state index >= 15 is 0 Å². The van der Waals surface area contributed by atoms with Crippen molar-refractivity contribution < 1.29 is 9.50 Å². The minimum Gasteiger partial charge on any atom is -0.389 e. The van der Waals surface area contributed by atoms with Crippen LogP contribution >= 0.6 is 11.6 Å². The van der Waals surface area contributed by atoms with Gasteiger partial charge in [0.2, 0.25) is 0 Å². The number of aliphatic hydroxyl groups excluding tert-OH is 1. The highest BCUT2D eigenvalue weighted by Gasteiger charge is 2.11. The Labute approximate surface area is 117 Å². The van der Waals surface area contributed by atoms with Crippen LogP contribution in [0.25, 0.3) is 0 Å². The molecule has 1 N–H and O–H groups in total. The molecule has 0 radical (unpaired) electrons. The van der Waals surface area contributed by atoms with Crippen molar-refractivity contribution in [1.29, 1.82) is 0 Å². The maximum atomic E-state index is 13.2. The second-order valence-electron chi connectivity index (χ2n) is 4.43. The first-order chi connectivity index (χ1) is 8.99. The lowest BCUT2D eigenvalue weighted by molar-refractivity contribution is 0.199. The smallest absolute Gasteiger partial charge is 0.125 e. The summed E-state index contributed by atoms with van der Waals surface area (Å²) in [6.45, 7) is 1.68. The van der Waals surface area contributed by atoms with Gasteiger partial charge in [0.25, 0.3) is 0 Å². The summed E-state index contributed by atoms with van der Waals surface area (Å²) in [5.74, 6) is -0.291. The molecule has 0 aromatic heterocycles. The predicted octanol–water partition coefficient (Wildman–Crippen LogP) is 4.30.